The predicted molar refractivity (Wildman–Crippen MR) is 132 cm³/mol. The maximum atomic E-state index is 13.3. The van der Waals surface area contributed by atoms with Gasteiger partial charge in [-0.2, -0.15) is 4.90 Å². The molecule has 200 valence electrons. The van der Waals surface area contributed by atoms with Gasteiger partial charge in [-0.05, 0) is 11.1 Å². The van der Waals surface area contributed by atoms with Crippen LogP contribution in [0.1, 0.15) is 16.8 Å². The number of aliphatic hydroxyl groups is 1. The van der Waals surface area contributed by atoms with E-state index in [0.717, 1.165) is 7.11 Å². The fraction of sp³-hybridized carbons (Fsp3) is 0.269. The highest BCUT2D eigenvalue weighted by Crippen LogP contribution is 2.15. The summed E-state index contributed by atoms with van der Waals surface area (Å²) in [5.41, 5.74) is 1.71. The lowest BCUT2D eigenvalue weighted by atomic mass is 10.1. The summed E-state index contributed by atoms with van der Waals surface area (Å²) in [6, 6.07) is 14.5. The first kappa shape index (κ1) is 27.9. The molecule has 0 radical (unpaired) electrons. The molecule has 0 unspecified atom stereocenters. The molecule has 1 aromatic heterocycles. The van der Waals surface area contributed by atoms with Gasteiger partial charge < -0.3 is 29.6 Å². The second-order valence-corrected chi connectivity index (χ2v) is 8.01. The van der Waals surface area contributed by atoms with Crippen LogP contribution in [0.25, 0.3) is 0 Å². The van der Waals surface area contributed by atoms with Crippen molar-refractivity contribution in [2.45, 2.75) is 31.7 Å². The van der Waals surface area contributed by atoms with Crippen molar-refractivity contribution < 1.29 is 38.5 Å². The van der Waals surface area contributed by atoms with Crippen LogP contribution in [0.3, 0.4) is 0 Å². The zero-order valence-corrected chi connectivity index (χ0v) is 20.6. The number of carbonyl (C=O) groups is 4. The molecule has 0 aliphatic rings. The first-order valence-corrected chi connectivity index (χ1v) is 11.6. The van der Waals surface area contributed by atoms with Crippen molar-refractivity contribution in [2.75, 3.05) is 13.7 Å². The number of amides is 3. The summed E-state index contributed by atoms with van der Waals surface area (Å²) in [5, 5.41) is 11.9. The molecule has 3 aromatic rings. The lowest BCUT2D eigenvalue weighted by molar-refractivity contribution is -0.146. The predicted octanol–water partition coefficient (Wildman–Crippen LogP) is 1.95. The Hall–Kier alpha value is -4.71. The second kappa shape index (κ2) is 14.1. The van der Waals surface area contributed by atoms with Crippen LogP contribution in [-0.4, -0.2) is 69.8 Å². The van der Waals surface area contributed by atoms with Crippen LogP contribution in [0, 0.1) is 0 Å². The van der Waals surface area contributed by atoms with Crippen molar-refractivity contribution in [2.24, 2.45) is 0 Å². The van der Waals surface area contributed by atoms with Crippen LogP contribution in [0.5, 0.6) is 0 Å². The van der Waals surface area contributed by atoms with E-state index in [1.54, 1.807) is 60.7 Å². The van der Waals surface area contributed by atoms with E-state index in [9.17, 15) is 24.3 Å². The molecule has 3 N–H and O–H groups in total. The van der Waals surface area contributed by atoms with E-state index in [1.165, 1.54) is 12.5 Å². The molecule has 12 heteroatoms. The minimum Gasteiger partial charge on any atom is -0.467 e. The summed E-state index contributed by atoms with van der Waals surface area (Å²) in [6.07, 6.45) is 0.260. The summed E-state index contributed by atoms with van der Waals surface area (Å²) in [5.74, 6) is -1.84. The molecule has 0 saturated carbocycles. The highest BCUT2D eigenvalue weighted by Gasteiger charge is 2.39. The van der Waals surface area contributed by atoms with Crippen LogP contribution in [0.15, 0.2) is 73.2 Å². The summed E-state index contributed by atoms with van der Waals surface area (Å²) in [6.45, 7) is -1.13. The molecule has 0 aliphatic heterocycles. The van der Waals surface area contributed by atoms with Crippen molar-refractivity contribution in [1.29, 1.82) is 0 Å². The first-order valence-electron chi connectivity index (χ1n) is 11.6. The number of imide groups is 1. The van der Waals surface area contributed by atoms with E-state index in [4.69, 9.17) is 9.47 Å². The molecule has 0 aliphatic carbocycles. The van der Waals surface area contributed by atoms with Gasteiger partial charge in [-0.15, -0.1) is 0 Å². The number of ether oxygens (including phenoxy) is 3. The SMILES string of the molecule is COC(=O)[C@@H](CO)NC(=O)[C@H](Cc1cnc[nH]1)N(C(=O)OCc1ccccc1)C(=O)OCc1ccccc1. The molecule has 38 heavy (non-hydrogen) atoms. The number of hydrogen-bond acceptors (Lipinski definition) is 9. The molecule has 3 amide bonds. The normalized spacial score (nSPS) is 12.1. The topological polar surface area (TPSA) is 160 Å². The van der Waals surface area contributed by atoms with Crippen molar-refractivity contribution in [3.05, 3.63) is 90.0 Å². The number of rotatable bonds is 11. The number of nitrogens with one attached hydrogen (secondary N) is 2. The maximum Gasteiger partial charge on any atom is 0.420 e. The van der Waals surface area contributed by atoms with Crippen molar-refractivity contribution >= 4 is 24.1 Å². The van der Waals surface area contributed by atoms with Crippen LogP contribution in [0.2, 0.25) is 0 Å². The minimum atomic E-state index is -1.54. The Balaban J connectivity index is 1.89. The highest BCUT2D eigenvalue weighted by molar-refractivity contribution is 5.96. The third-order valence-electron chi connectivity index (χ3n) is 5.37. The molecule has 0 spiro atoms. The lowest BCUT2D eigenvalue weighted by Crippen LogP contribution is -2.57. The minimum absolute atomic E-state index is 0.179. The quantitative estimate of drug-likeness (QED) is 0.252. The number of methoxy groups -OCH3 is 1. The van der Waals surface area contributed by atoms with Gasteiger partial charge in [-0.25, -0.2) is 19.4 Å². The van der Waals surface area contributed by atoms with Gasteiger partial charge in [-0.3, -0.25) is 4.79 Å². The molecule has 12 nitrogen and oxygen atoms in total. The van der Waals surface area contributed by atoms with Crippen LogP contribution >= 0.6 is 0 Å². The fourth-order valence-electron chi connectivity index (χ4n) is 3.40. The third kappa shape index (κ3) is 7.90. The van der Waals surface area contributed by atoms with Crippen LogP contribution in [0.4, 0.5) is 9.59 Å². The zero-order chi connectivity index (χ0) is 27.3. The average molecular weight is 525 g/mol. The van der Waals surface area contributed by atoms with Gasteiger partial charge >= 0.3 is 18.2 Å². The Morgan fingerprint density at radius 2 is 1.50 bits per heavy atom. The largest absolute Gasteiger partial charge is 0.467 e. The Kier molecular flexibility index (Phi) is 10.4. The van der Waals surface area contributed by atoms with E-state index in [-0.39, 0.29) is 19.6 Å². The van der Waals surface area contributed by atoms with E-state index >= 15 is 0 Å². The molecule has 0 saturated heterocycles. The highest BCUT2D eigenvalue weighted by atomic mass is 16.6. The van der Waals surface area contributed by atoms with Gasteiger partial charge in [0.25, 0.3) is 0 Å². The standard InChI is InChI=1S/C26H28N4O8/c1-36-24(33)21(14-31)29-23(32)22(12-20-13-27-17-28-20)30(25(34)37-15-18-8-4-2-5-9-18)26(35)38-16-19-10-6-3-7-11-19/h2-11,13,17,21-22,31H,12,14-16H2,1H3,(H,27,28)(H,29,32)/t21-,22+/m1/s1. The summed E-state index contributed by atoms with van der Waals surface area (Å²) in [4.78, 5) is 59.0. The third-order valence-corrected chi connectivity index (χ3v) is 5.37. The smallest absolute Gasteiger partial charge is 0.420 e. The summed E-state index contributed by atoms with van der Waals surface area (Å²) in [7, 11) is 1.09. The van der Waals surface area contributed by atoms with E-state index in [2.05, 4.69) is 20.0 Å². The molecule has 3 rings (SSSR count). The van der Waals surface area contributed by atoms with Gasteiger partial charge in [0.05, 0.1) is 20.0 Å². The average Bonchev–Trinajstić information content (AvgIpc) is 3.47. The maximum absolute atomic E-state index is 13.3. The number of carbonyl (C=O) groups excluding carboxylic acids is 4. The van der Waals surface area contributed by atoms with Crippen LogP contribution < -0.4 is 5.32 Å². The molecule has 1 heterocycles. The Bertz CT molecular complexity index is 1130. The van der Waals surface area contributed by atoms with Gasteiger partial charge in [-0.1, -0.05) is 60.7 Å². The van der Waals surface area contributed by atoms with Crippen LogP contribution in [-0.2, 0) is 43.4 Å². The van der Waals surface area contributed by atoms with Gasteiger partial charge in [0, 0.05) is 18.3 Å². The Morgan fingerprint density at radius 1 is 0.947 bits per heavy atom. The van der Waals surface area contributed by atoms with E-state index in [0.29, 0.717) is 21.7 Å². The van der Waals surface area contributed by atoms with Gasteiger partial charge in [0.2, 0.25) is 5.91 Å². The summed E-state index contributed by atoms with van der Waals surface area (Å²) >= 11 is 0. The molecule has 2 aromatic carbocycles. The summed E-state index contributed by atoms with van der Waals surface area (Å²) < 4.78 is 15.3. The van der Waals surface area contributed by atoms with Crippen molar-refractivity contribution in [1.82, 2.24) is 20.2 Å². The molecule has 0 bridgehead atoms. The second-order valence-electron chi connectivity index (χ2n) is 8.01. The number of benzene rings is 2. The number of aliphatic hydroxyl groups excluding tert-OH is 1. The van der Waals surface area contributed by atoms with Gasteiger partial charge in [0.15, 0.2) is 6.04 Å². The monoisotopic (exact) mass is 524 g/mol. The number of H-pyrrole nitrogens is 1. The number of hydrogen-bond donors (Lipinski definition) is 3. The number of aromatic amines is 1. The van der Waals surface area contributed by atoms with Crippen molar-refractivity contribution in [3.63, 3.8) is 0 Å². The molecule has 2 atom stereocenters. The van der Waals surface area contributed by atoms with E-state index in [1.807, 2.05) is 0 Å². The lowest BCUT2D eigenvalue weighted by Gasteiger charge is -2.28. The Labute approximate surface area is 218 Å². The number of imidazole rings is 1. The first-order chi connectivity index (χ1) is 18.4. The molecule has 0 fully saturated rings. The number of aromatic nitrogens is 2. The zero-order valence-electron chi connectivity index (χ0n) is 20.6. The van der Waals surface area contributed by atoms with E-state index < -0.39 is 42.8 Å². The number of esters is 1. The molecular formula is C26H28N4O8. The fourth-order valence-corrected chi connectivity index (χ4v) is 3.40. The molecular weight excluding hydrogens is 496 g/mol. The number of nitrogens with zero attached hydrogens (tertiary/aromatic N) is 2. The van der Waals surface area contributed by atoms with Gasteiger partial charge in [0.1, 0.15) is 19.3 Å². The Morgan fingerprint density at radius 3 is 1.95 bits per heavy atom. The van der Waals surface area contributed by atoms with Crippen molar-refractivity contribution in [3.8, 4) is 0 Å².